The highest BCUT2D eigenvalue weighted by Crippen LogP contribution is 2.35. The van der Waals surface area contributed by atoms with Gasteiger partial charge in [-0.25, -0.2) is 0 Å². The topological polar surface area (TPSA) is 45.3 Å². The lowest BCUT2D eigenvalue weighted by Crippen LogP contribution is -2.30. The molecule has 1 amide bonds. The Morgan fingerprint density at radius 3 is 2.80 bits per heavy atom. The Morgan fingerprint density at radius 2 is 2.04 bits per heavy atom. The van der Waals surface area contributed by atoms with Crippen LogP contribution in [0.15, 0.2) is 53.1 Å². The third-order valence-electron chi connectivity index (χ3n) is 4.89. The summed E-state index contributed by atoms with van der Waals surface area (Å²) in [7, 11) is 1.66. The van der Waals surface area contributed by atoms with Crippen molar-refractivity contribution in [3.8, 4) is 5.75 Å². The first-order valence-electron chi connectivity index (χ1n) is 8.39. The van der Waals surface area contributed by atoms with Crippen LogP contribution in [-0.4, -0.2) is 29.4 Å². The SMILES string of the molecule is COc1ccc(C2CCCN2C(=O)c2c[nH]c3ccc(Br)cc23)cc1. The molecule has 2 heterocycles. The first kappa shape index (κ1) is 16.2. The van der Waals surface area contributed by atoms with Gasteiger partial charge in [-0.3, -0.25) is 4.79 Å². The van der Waals surface area contributed by atoms with Crippen LogP contribution in [0.25, 0.3) is 10.9 Å². The van der Waals surface area contributed by atoms with Gasteiger partial charge in [0.05, 0.1) is 18.7 Å². The van der Waals surface area contributed by atoms with Crippen LogP contribution in [0.5, 0.6) is 5.75 Å². The number of H-pyrrole nitrogens is 1. The minimum atomic E-state index is 0.0858. The average molecular weight is 399 g/mol. The maximum atomic E-state index is 13.2. The number of ether oxygens (including phenoxy) is 1. The summed E-state index contributed by atoms with van der Waals surface area (Å²) in [6.45, 7) is 0.788. The number of aromatic amines is 1. The summed E-state index contributed by atoms with van der Waals surface area (Å²) in [5, 5.41) is 0.958. The molecule has 0 aliphatic carbocycles. The van der Waals surface area contributed by atoms with E-state index in [1.54, 1.807) is 7.11 Å². The molecule has 1 atom stereocenters. The van der Waals surface area contributed by atoms with E-state index in [1.807, 2.05) is 41.4 Å². The molecular weight excluding hydrogens is 380 g/mol. The van der Waals surface area contributed by atoms with Crippen LogP contribution >= 0.6 is 15.9 Å². The lowest BCUT2D eigenvalue weighted by atomic mass is 10.0. The zero-order valence-electron chi connectivity index (χ0n) is 14.0. The van der Waals surface area contributed by atoms with Crippen molar-refractivity contribution in [3.05, 3.63) is 64.3 Å². The number of aromatic nitrogens is 1. The third kappa shape index (κ3) is 2.93. The molecule has 0 spiro atoms. The Kier molecular flexibility index (Phi) is 4.25. The molecule has 5 heteroatoms. The second-order valence-electron chi connectivity index (χ2n) is 6.32. The number of amides is 1. The molecule has 1 fully saturated rings. The van der Waals surface area contributed by atoms with Gasteiger partial charge in [-0.1, -0.05) is 28.1 Å². The summed E-state index contributed by atoms with van der Waals surface area (Å²) < 4.78 is 6.21. The number of methoxy groups -OCH3 is 1. The smallest absolute Gasteiger partial charge is 0.256 e. The van der Waals surface area contributed by atoms with Gasteiger partial charge in [0.1, 0.15) is 5.75 Å². The van der Waals surface area contributed by atoms with E-state index in [0.717, 1.165) is 51.6 Å². The molecule has 25 heavy (non-hydrogen) atoms. The monoisotopic (exact) mass is 398 g/mol. The van der Waals surface area contributed by atoms with Gasteiger partial charge in [0, 0.05) is 28.1 Å². The lowest BCUT2D eigenvalue weighted by Gasteiger charge is -2.25. The highest BCUT2D eigenvalue weighted by molar-refractivity contribution is 9.10. The molecule has 3 aromatic rings. The molecule has 1 aliphatic heterocycles. The number of carbonyl (C=O) groups excluding carboxylic acids is 1. The first-order valence-corrected chi connectivity index (χ1v) is 9.18. The number of rotatable bonds is 3. The minimum Gasteiger partial charge on any atom is -0.497 e. The maximum absolute atomic E-state index is 13.2. The molecule has 128 valence electrons. The Morgan fingerprint density at radius 1 is 1.24 bits per heavy atom. The van der Waals surface area contributed by atoms with Crippen LogP contribution in [0.1, 0.15) is 34.8 Å². The minimum absolute atomic E-state index is 0.0858. The molecule has 4 rings (SSSR count). The van der Waals surface area contributed by atoms with Gasteiger partial charge in [0.25, 0.3) is 5.91 Å². The fourth-order valence-electron chi connectivity index (χ4n) is 3.61. The van der Waals surface area contributed by atoms with Gasteiger partial charge in [0.15, 0.2) is 0 Å². The van der Waals surface area contributed by atoms with Crippen molar-refractivity contribution in [2.24, 2.45) is 0 Å². The quantitative estimate of drug-likeness (QED) is 0.680. The van der Waals surface area contributed by atoms with Crippen molar-refractivity contribution in [2.45, 2.75) is 18.9 Å². The lowest BCUT2D eigenvalue weighted by molar-refractivity contribution is 0.0737. The van der Waals surface area contributed by atoms with Gasteiger partial charge in [0.2, 0.25) is 0 Å². The van der Waals surface area contributed by atoms with E-state index in [9.17, 15) is 4.79 Å². The number of fused-ring (bicyclic) bond motifs is 1. The van der Waals surface area contributed by atoms with Crippen molar-refractivity contribution in [2.75, 3.05) is 13.7 Å². The zero-order valence-corrected chi connectivity index (χ0v) is 15.5. The second kappa shape index (κ2) is 6.56. The molecule has 4 nitrogen and oxygen atoms in total. The van der Waals surface area contributed by atoms with Crippen LogP contribution < -0.4 is 4.74 Å². The van der Waals surface area contributed by atoms with Gasteiger partial charge in [-0.15, -0.1) is 0 Å². The van der Waals surface area contributed by atoms with Crippen LogP contribution in [0, 0.1) is 0 Å². The highest BCUT2D eigenvalue weighted by Gasteiger charge is 2.31. The molecule has 1 N–H and O–H groups in total. The summed E-state index contributed by atoms with van der Waals surface area (Å²) in [6, 6.07) is 14.1. The van der Waals surface area contributed by atoms with E-state index in [2.05, 4.69) is 33.0 Å². The predicted molar refractivity (Wildman–Crippen MR) is 102 cm³/mol. The van der Waals surface area contributed by atoms with Gasteiger partial charge in [-0.05, 0) is 48.7 Å². The number of hydrogen-bond acceptors (Lipinski definition) is 2. The summed E-state index contributed by atoms with van der Waals surface area (Å²) >= 11 is 3.50. The standard InChI is InChI=1S/C20H19BrN2O2/c1-25-15-7-4-13(5-8-15)19-3-2-10-23(19)20(24)17-12-22-18-9-6-14(21)11-16(17)18/h4-9,11-12,19,22H,2-3,10H2,1H3. The summed E-state index contributed by atoms with van der Waals surface area (Å²) in [5.74, 6) is 0.920. The fourth-order valence-corrected chi connectivity index (χ4v) is 3.97. The number of benzene rings is 2. The molecular formula is C20H19BrN2O2. The second-order valence-corrected chi connectivity index (χ2v) is 7.24. The Labute approximate surface area is 154 Å². The van der Waals surface area contributed by atoms with E-state index >= 15 is 0 Å². The van der Waals surface area contributed by atoms with E-state index in [0.29, 0.717) is 0 Å². The molecule has 1 aliphatic rings. The van der Waals surface area contributed by atoms with E-state index in [-0.39, 0.29) is 11.9 Å². The van der Waals surface area contributed by atoms with Crippen LogP contribution in [0.2, 0.25) is 0 Å². The molecule has 0 bridgehead atoms. The number of nitrogens with zero attached hydrogens (tertiary/aromatic N) is 1. The van der Waals surface area contributed by atoms with Crippen molar-refractivity contribution in [1.29, 1.82) is 0 Å². The van der Waals surface area contributed by atoms with Crippen LogP contribution in [-0.2, 0) is 0 Å². The first-order chi connectivity index (χ1) is 12.2. The van der Waals surface area contributed by atoms with Crippen LogP contribution in [0.4, 0.5) is 0 Å². The highest BCUT2D eigenvalue weighted by atomic mass is 79.9. The van der Waals surface area contributed by atoms with Crippen molar-refractivity contribution in [1.82, 2.24) is 9.88 Å². The Bertz CT molecular complexity index is 917. The van der Waals surface area contributed by atoms with Crippen molar-refractivity contribution < 1.29 is 9.53 Å². The number of likely N-dealkylation sites (tertiary alicyclic amines) is 1. The number of carbonyl (C=O) groups is 1. The molecule has 0 radical (unpaired) electrons. The van der Waals surface area contributed by atoms with E-state index < -0.39 is 0 Å². The van der Waals surface area contributed by atoms with E-state index in [4.69, 9.17) is 4.74 Å². The molecule has 0 saturated carbocycles. The van der Waals surface area contributed by atoms with Gasteiger partial charge >= 0.3 is 0 Å². The number of hydrogen-bond donors (Lipinski definition) is 1. The predicted octanol–water partition coefficient (Wildman–Crippen LogP) is 4.92. The number of halogens is 1. The van der Waals surface area contributed by atoms with Gasteiger partial charge in [-0.2, -0.15) is 0 Å². The maximum Gasteiger partial charge on any atom is 0.256 e. The normalized spacial score (nSPS) is 17.2. The largest absolute Gasteiger partial charge is 0.497 e. The van der Waals surface area contributed by atoms with Crippen molar-refractivity contribution in [3.63, 3.8) is 0 Å². The Balaban J connectivity index is 1.66. The summed E-state index contributed by atoms with van der Waals surface area (Å²) in [4.78, 5) is 18.4. The third-order valence-corrected chi connectivity index (χ3v) is 5.38. The summed E-state index contributed by atoms with van der Waals surface area (Å²) in [6.07, 6.45) is 3.83. The Hall–Kier alpha value is -2.27. The van der Waals surface area contributed by atoms with E-state index in [1.165, 1.54) is 0 Å². The zero-order chi connectivity index (χ0) is 17.4. The summed E-state index contributed by atoms with van der Waals surface area (Å²) in [5.41, 5.74) is 2.87. The fraction of sp³-hybridized carbons (Fsp3) is 0.250. The van der Waals surface area contributed by atoms with Crippen LogP contribution in [0.3, 0.4) is 0 Å². The molecule has 1 saturated heterocycles. The average Bonchev–Trinajstić information content (AvgIpc) is 3.28. The molecule has 1 aromatic heterocycles. The van der Waals surface area contributed by atoms with Crippen molar-refractivity contribution >= 4 is 32.7 Å². The molecule has 2 aromatic carbocycles. The molecule has 1 unspecified atom stereocenters. The number of nitrogens with one attached hydrogen (secondary N) is 1. The van der Waals surface area contributed by atoms with Gasteiger partial charge < -0.3 is 14.6 Å².